The Morgan fingerprint density at radius 3 is 2.60 bits per heavy atom. The molecule has 0 fully saturated rings. The van der Waals surface area contributed by atoms with E-state index in [1.807, 2.05) is 35.1 Å². The second kappa shape index (κ2) is 4.81. The highest BCUT2D eigenvalue weighted by Gasteiger charge is 1.97. The normalized spacial score (nSPS) is 10.5. The molecular formula is C11H10BrClN2. The predicted molar refractivity (Wildman–Crippen MR) is 65.1 cm³/mol. The van der Waals surface area contributed by atoms with Crippen molar-refractivity contribution in [3.63, 3.8) is 0 Å². The van der Waals surface area contributed by atoms with Crippen LogP contribution in [0, 0.1) is 0 Å². The maximum absolute atomic E-state index is 5.81. The number of aromatic nitrogens is 2. The number of benzene rings is 1. The smallest absolute Gasteiger partial charge is 0.0632 e. The second-order valence-corrected chi connectivity index (χ2v) is 4.65. The molecular weight excluding hydrogens is 275 g/mol. The maximum atomic E-state index is 5.81. The van der Waals surface area contributed by atoms with Crippen molar-refractivity contribution in [2.75, 3.05) is 0 Å². The average molecular weight is 286 g/mol. The van der Waals surface area contributed by atoms with Crippen molar-refractivity contribution in [3.8, 4) is 0 Å². The van der Waals surface area contributed by atoms with Crippen LogP contribution in [0.3, 0.4) is 0 Å². The molecule has 0 aliphatic heterocycles. The van der Waals surface area contributed by atoms with Gasteiger partial charge < -0.3 is 0 Å². The first-order chi connectivity index (χ1) is 7.24. The van der Waals surface area contributed by atoms with E-state index in [0.717, 1.165) is 22.5 Å². The van der Waals surface area contributed by atoms with Crippen LogP contribution in [0.4, 0.5) is 0 Å². The molecule has 2 rings (SSSR count). The molecule has 2 nitrogen and oxygen atoms in total. The summed E-state index contributed by atoms with van der Waals surface area (Å²) in [4.78, 5) is 0. The Balaban J connectivity index is 1.96. The average Bonchev–Trinajstić information content (AvgIpc) is 2.64. The molecule has 0 saturated heterocycles. The Bertz CT molecular complexity index is 436. The topological polar surface area (TPSA) is 17.8 Å². The van der Waals surface area contributed by atoms with Crippen molar-refractivity contribution < 1.29 is 0 Å². The minimum absolute atomic E-state index is 0.778. The lowest BCUT2D eigenvalue weighted by Gasteiger charge is -2.01. The highest BCUT2D eigenvalue weighted by molar-refractivity contribution is 9.10. The Hall–Kier alpha value is -0.800. The highest BCUT2D eigenvalue weighted by atomic mass is 79.9. The van der Waals surface area contributed by atoms with Crippen LogP contribution in [-0.4, -0.2) is 9.78 Å². The first-order valence-corrected chi connectivity index (χ1v) is 5.83. The molecule has 0 spiro atoms. The lowest BCUT2D eigenvalue weighted by atomic mass is 10.1. The molecule has 1 heterocycles. The van der Waals surface area contributed by atoms with Gasteiger partial charge >= 0.3 is 0 Å². The van der Waals surface area contributed by atoms with E-state index < -0.39 is 0 Å². The second-order valence-electron chi connectivity index (χ2n) is 3.30. The van der Waals surface area contributed by atoms with Gasteiger partial charge in [0, 0.05) is 17.8 Å². The van der Waals surface area contributed by atoms with Gasteiger partial charge in [-0.3, -0.25) is 4.68 Å². The largest absolute Gasteiger partial charge is 0.271 e. The van der Waals surface area contributed by atoms with Crippen LogP contribution in [0.25, 0.3) is 0 Å². The number of halogens is 2. The third-order valence-electron chi connectivity index (χ3n) is 2.14. The van der Waals surface area contributed by atoms with Crippen molar-refractivity contribution in [1.29, 1.82) is 0 Å². The van der Waals surface area contributed by atoms with Gasteiger partial charge in [0.1, 0.15) is 0 Å². The minimum atomic E-state index is 0.778. The van der Waals surface area contributed by atoms with Gasteiger partial charge in [0.05, 0.1) is 10.7 Å². The fourth-order valence-electron chi connectivity index (χ4n) is 1.36. The zero-order valence-corrected chi connectivity index (χ0v) is 10.4. The van der Waals surface area contributed by atoms with Gasteiger partial charge in [-0.25, -0.2) is 0 Å². The number of aryl methyl sites for hydroxylation is 2. The van der Waals surface area contributed by atoms with Crippen LogP contribution in [-0.2, 0) is 13.0 Å². The monoisotopic (exact) mass is 284 g/mol. The molecule has 0 unspecified atom stereocenters. The van der Waals surface area contributed by atoms with Crippen LogP contribution in [0.5, 0.6) is 0 Å². The minimum Gasteiger partial charge on any atom is -0.271 e. The van der Waals surface area contributed by atoms with Crippen molar-refractivity contribution in [2.45, 2.75) is 13.0 Å². The summed E-state index contributed by atoms with van der Waals surface area (Å²) in [5, 5.41) is 4.97. The zero-order valence-electron chi connectivity index (χ0n) is 8.03. The summed E-state index contributed by atoms with van der Waals surface area (Å²) in [5.41, 5.74) is 1.27. The van der Waals surface area contributed by atoms with Crippen molar-refractivity contribution in [3.05, 3.63) is 51.7 Å². The van der Waals surface area contributed by atoms with Gasteiger partial charge in [0.2, 0.25) is 0 Å². The molecule has 0 amide bonds. The SMILES string of the molecule is Clc1ccc(CCn2cc(Br)cn2)cc1. The molecule has 0 atom stereocenters. The Morgan fingerprint density at radius 2 is 2.00 bits per heavy atom. The van der Waals surface area contributed by atoms with Crippen molar-refractivity contribution in [1.82, 2.24) is 9.78 Å². The van der Waals surface area contributed by atoms with Crippen LogP contribution < -0.4 is 0 Å². The van der Waals surface area contributed by atoms with Crippen molar-refractivity contribution in [2.24, 2.45) is 0 Å². The third kappa shape index (κ3) is 3.08. The van der Waals surface area contributed by atoms with Gasteiger partial charge in [0.25, 0.3) is 0 Å². The Morgan fingerprint density at radius 1 is 1.27 bits per heavy atom. The van der Waals surface area contributed by atoms with E-state index in [9.17, 15) is 0 Å². The van der Waals surface area contributed by atoms with Gasteiger partial charge in [-0.15, -0.1) is 0 Å². The molecule has 4 heteroatoms. The fourth-order valence-corrected chi connectivity index (χ4v) is 1.81. The molecule has 0 bridgehead atoms. The number of nitrogens with zero attached hydrogens (tertiary/aromatic N) is 2. The van der Waals surface area contributed by atoms with Crippen molar-refractivity contribution >= 4 is 27.5 Å². The number of hydrogen-bond donors (Lipinski definition) is 0. The van der Waals surface area contributed by atoms with E-state index in [2.05, 4.69) is 21.0 Å². The van der Waals surface area contributed by atoms with Crippen LogP contribution in [0.15, 0.2) is 41.1 Å². The third-order valence-corrected chi connectivity index (χ3v) is 2.81. The quantitative estimate of drug-likeness (QED) is 0.843. The lowest BCUT2D eigenvalue weighted by Crippen LogP contribution is -2.01. The molecule has 78 valence electrons. The number of hydrogen-bond acceptors (Lipinski definition) is 1. The van der Waals surface area contributed by atoms with E-state index in [-0.39, 0.29) is 0 Å². The predicted octanol–water partition coefficient (Wildman–Crippen LogP) is 3.54. The first-order valence-electron chi connectivity index (χ1n) is 4.66. The summed E-state index contributed by atoms with van der Waals surface area (Å²) < 4.78 is 2.93. The molecule has 1 aromatic heterocycles. The maximum Gasteiger partial charge on any atom is 0.0632 e. The van der Waals surface area contributed by atoms with Gasteiger partial charge in [0.15, 0.2) is 0 Å². The molecule has 0 radical (unpaired) electrons. The summed E-state index contributed by atoms with van der Waals surface area (Å²) in [6.07, 6.45) is 4.73. The zero-order chi connectivity index (χ0) is 10.7. The summed E-state index contributed by atoms with van der Waals surface area (Å²) in [6, 6.07) is 7.91. The number of rotatable bonds is 3. The van der Waals surface area contributed by atoms with E-state index in [1.54, 1.807) is 6.20 Å². The molecule has 0 saturated carbocycles. The van der Waals surface area contributed by atoms with Gasteiger partial charge in [-0.2, -0.15) is 5.10 Å². The van der Waals surface area contributed by atoms with E-state index >= 15 is 0 Å². The molecule has 15 heavy (non-hydrogen) atoms. The molecule has 0 aliphatic rings. The summed E-state index contributed by atoms with van der Waals surface area (Å²) in [5.74, 6) is 0. The first kappa shape index (κ1) is 10.7. The Labute approximate surface area is 102 Å². The molecule has 2 aromatic rings. The standard InChI is InChI=1S/C11H10BrClN2/c12-10-7-14-15(8-10)6-5-9-1-3-11(13)4-2-9/h1-4,7-8H,5-6H2. The van der Waals surface area contributed by atoms with Crippen LogP contribution in [0.1, 0.15) is 5.56 Å². The highest BCUT2D eigenvalue weighted by Crippen LogP contribution is 2.11. The molecule has 0 N–H and O–H groups in total. The summed E-state index contributed by atoms with van der Waals surface area (Å²) in [6.45, 7) is 0.882. The van der Waals surface area contributed by atoms with Gasteiger partial charge in [-0.1, -0.05) is 23.7 Å². The summed E-state index contributed by atoms with van der Waals surface area (Å²) in [7, 11) is 0. The molecule has 0 aliphatic carbocycles. The fraction of sp³-hybridized carbons (Fsp3) is 0.182. The van der Waals surface area contributed by atoms with E-state index in [4.69, 9.17) is 11.6 Å². The Kier molecular flexibility index (Phi) is 3.44. The lowest BCUT2D eigenvalue weighted by molar-refractivity contribution is 0.614. The van der Waals surface area contributed by atoms with Crippen LogP contribution in [0.2, 0.25) is 5.02 Å². The van der Waals surface area contributed by atoms with E-state index in [1.165, 1.54) is 5.56 Å². The van der Waals surface area contributed by atoms with Gasteiger partial charge in [-0.05, 0) is 40.0 Å². The van der Waals surface area contributed by atoms with E-state index in [0.29, 0.717) is 0 Å². The molecule has 1 aromatic carbocycles. The van der Waals surface area contributed by atoms with Crippen LogP contribution >= 0.6 is 27.5 Å². The summed E-state index contributed by atoms with van der Waals surface area (Å²) >= 11 is 9.18.